The molecule has 0 bridgehead atoms. The minimum atomic E-state index is -0.475. The highest BCUT2D eigenvalue weighted by molar-refractivity contribution is 5.28. The van der Waals surface area contributed by atoms with E-state index < -0.39 is 6.10 Å². The van der Waals surface area contributed by atoms with Crippen molar-refractivity contribution >= 4 is 0 Å². The quantitative estimate of drug-likeness (QED) is 0.640. The first-order chi connectivity index (χ1) is 14.0. The molecule has 1 aromatic heterocycles. The van der Waals surface area contributed by atoms with Gasteiger partial charge in [-0.05, 0) is 51.6 Å². The lowest BCUT2D eigenvalue weighted by Gasteiger charge is -2.32. The molecule has 1 aliphatic carbocycles. The summed E-state index contributed by atoms with van der Waals surface area (Å²) in [6.07, 6.45) is 7.87. The van der Waals surface area contributed by atoms with Crippen molar-refractivity contribution in [1.82, 2.24) is 20.0 Å². The van der Waals surface area contributed by atoms with Crippen molar-refractivity contribution in [3.8, 4) is 5.75 Å². The van der Waals surface area contributed by atoms with Crippen LogP contribution in [-0.2, 0) is 13.1 Å². The van der Waals surface area contributed by atoms with Crippen LogP contribution < -0.4 is 4.74 Å². The Morgan fingerprint density at radius 2 is 2.00 bits per heavy atom. The fourth-order valence-electron chi connectivity index (χ4n) is 4.18. The van der Waals surface area contributed by atoms with Gasteiger partial charge in [-0.25, -0.2) is 0 Å². The lowest BCUT2D eigenvalue weighted by molar-refractivity contribution is 0.0561. The Hall–Kier alpha value is -1.89. The summed E-state index contributed by atoms with van der Waals surface area (Å²) in [5, 5.41) is 17.5. The molecule has 0 spiro atoms. The van der Waals surface area contributed by atoms with E-state index in [4.69, 9.17) is 4.74 Å². The van der Waals surface area contributed by atoms with Gasteiger partial charge >= 0.3 is 0 Å². The Balaban J connectivity index is 1.44. The average Bonchev–Trinajstić information content (AvgIpc) is 3.11. The normalized spacial score (nSPS) is 16.5. The van der Waals surface area contributed by atoms with E-state index in [1.54, 1.807) is 0 Å². The third-order valence-electron chi connectivity index (χ3n) is 5.86. The summed E-state index contributed by atoms with van der Waals surface area (Å²) >= 11 is 0. The van der Waals surface area contributed by atoms with Crippen molar-refractivity contribution in [2.75, 3.05) is 27.2 Å². The van der Waals surface area contributed by atoms with E-state index >= 15 is 0 Å². The van der Waals surface area contributed by atoms with E-state index in [2.05, 4.69) is 46.2 Å². The molecule has 0 aliphatic heterocycles. The number of hydrogen-bond acceptors (Lipinski definition) is 5. The molecule has 1 atom stereocenters. The number of likely N-dealkylation sites (N-methyl/N-ethyl adjacent to an activating group) is 1. The Kier molecular flexibility index (Phi) is 8.09. The highest BCUT2D eigenvalue weighted by Gasteiger charge is 2.20. The Morgan fingerprint density at radius 1 is 1.21 bits per heavy atom. The van der Waals surface area contributed by atoms with Gasteiger partial charge in [-0.1, -0.05) is 31.4 Å². The molecular weight excluding hydrogens is 364 g/mol. The minimum absolute atomic E-state index is 0.324. The number of aromatic amines is 1. The van der Waals surface area contributed by atoms with Gasteiger partial charge in [0.2, 0.25) is 0 Å². The van der Waals surface area contributed by atoms with Gasteiger partial charge in [0.05, 0.1) is 6.20 Å². The van der Waals surface area contributed by atoms with Crippen LogP contribution in [0.2, 0.25) is 0 Å². The molecule has 0 radical (unpaired) electrons. The summed E-state index contributed by atoms with van der Waals surface area (Å²) in [5.41, 5.74) is 3.52. The third-order valence-corrected chi connectivity index (χ3v) is 5.86. The van der Waals surface area contributed by atoms with Crippen LogP contribution in [0.25, 0.3) is 0 Å². The van der Waals surface area contributed by atoms with Gasteiger partial charge in [-0.2, -0.15) is 5.10 Å². The number of aliphatic hydroxyl groups excluding tert-OH is 1. The van der Waals surface area contributed by atoms with Gasteiger partial charge in [0.15, 0.2) is 0 Å². The highest BCUT2D eigenvalue weighted by atomic mass is 16.5. The van der Waals surface area contributed by atoms with E-state index in [9.17, 15) is 5.11 Å². The topological polar surface area (TPSA) is 64.6 Å². The number of benzene rings is 1. The molecule has 0 saturated heterocycles. The maximum absolute atomic E-state index is 10.4. The van der Waals surface area contributed by atoms with E-state index in [1.807, 2.05) is 25.3 Å². The number of nitrogens with one attached hydrogen (secondary N) is 1. The SMILES string of the molecule is Cc1[nH]ncc1CN(C)Cc1cccc(OC[C@@H](O)CN(C)C2CCCCC2)c1. The Morgan fingerprint density at radius 3 is 2.72 bits per heavy atom. The molecule has 0 unspecified atom stereocenters. The molecule has 1 fully saturated rings. The smallest absolute Gasteiger partial charge is 0.119 e. The van der Waals surface area contributed by atoms with Crippen molar-refractivity contribution in [3.05, 3.63) is 47.3 Å². The number of ether oxygens (including phenoxy) is 1. The van der Waals surface area contributed by atoms with Gasteiger partial charge in [-0.15, -0.1) is 0 Å². The summed E-state index contributed by atoms with van der Waals surface area (Å²) in [6, 6.07) is 8.76. The molecule has 2 aromatic rings. The van der Waals surface area contributed by atoms with E-state index in [1.165, 1.54) is 43.2 Å². The summed E-state index contributed by atoms with van der Waals surface area (Å²) < 4.78 is 5.89. The first-order valence-electron chi connectivity index (χ1n) is 10.8. The van der Waals surface area contributed by atoms with Gasteiger partial charge in [-0.3, -0.25) is 10.00 Å². The van der Waals surface area contributed by atoms with Crippen LogP contribution in [0, 0.1) is 6.92 Å². The lowest BCUT2D eigenvalue weighted by atomic mass is 9.94. The number of aromatic nitrogens is 2. The lowest BCUT2D eigenvalue weighted by Crippen LogP contribution is -2.40. The molecule has 6 nitrogen and oxygen atoms in total. The Labute approximate surface area is 174 Å². The number of H-pyrrole nitrogens is 1. The highest BCUT2D eigenvalue weighted by Crippen LogP contribution is 2.22. The zero-order chi connectivity index (χ0) is 20.6. The van der Waals surface area contributed by atoms with Crippen molar-refractivity contribution in [2.24, 2.45) is 0 Å². The van der Waals surface area contributed by atoms with Crippen molar-refractivity contribution in [3.63, 3.8) is 0 Å². The number of hydrogen-bond donors (Lipinski definition) is 2. The fraction of sp³-hybridized carbons (Fsp3) is 0.609. The molecule has 1 aliphatic rings. The number of aliphatic hydroxyl groups is 1. The standard InChI is InChI=1S/C23H36N4O2/c1-18-20(13-24-25-18)15-26(2)14-19-8-7-11-23(12-19)29-17-22(28)16-27(3)21-9-5-4-6-10-21/h7-8,11-13,21-22,28H,4-6,9-10,14-17H2,1-3H3,(H,24,25)/t22-/m0/s1. The average molecular weight is 401 g/mol. The maximum Gasteiger partial charge on any atom is 0.119 e. The summed E-state index contributed by atoms with van der Waals surface area (Å²) in [5.74, 6) is 0.815. The number of rotatable bonds is 10. The Bertz CT molecular complexity index is 742. The van der Waals surface area contributed by atoms with Gasteiger partial charge in [0, 0.05) is 36.9 Å². The van der Waals surface area contributed by atoms with Crippen LogP contribution >= 0.6 is 0 Å². The van der Waals surface area contributed by atoms with Gasteiger partial charge in [0.1, 0.15) is 18.5 Å². The zero-order valence-corrected chi connectivity index (χ0v) is 18.1. The molecule has 1 heterocycles. The predicted octanol–water partition coefficient (Wildman–Crippen LogP) is 3.35. The molecule has 160 valence electrons. The fourth-order valence-corrected chi connectivity index (χ4v) is 4.18. The molecular formula is C23H36N4O2. The molecule has 3 rings (SSSR count). The predicted molar refractivity (Wildman–Crippen MR) is 116 cm³/mol. The van der Waals surface area contributed by atoms with Crippen molar-refractivity contribution in [1.29, 1.82) is 0 Å². The minimum Gasteiger partial charge on any atom is -0.491 e. The largest absolute Gasteiger partial charge is 0.491 e. The molecule has 29 heavy (non-hydrogen) atoms. The molecule has 2 N–H and O–H groups in total. The summed E-state index contributed by atoms with van der Waals surface area (Å²) in [6.45, 7) is 4.71. The third kappa shape index (κ3) is 6.84. The molecule has 0 amide bonds. The van der Waals surface area contributed by atoms with Gasteiger partial charge in [0.25, 0.3) is 0 Å². The molecule has 6 heteroatoms. The van der Waals surface area contributed by atoms with Crippen LogP contribution in [-0.4, -0.2) is 64.5 Å². The van der Waals surface area contributed by atoms with Crippen LogP contribution in [0.5, 0.6) is 5.75 Å². The van der Waals surface area contributed by atoms with E-state index in [0.717, 1.165) is 24.5 Å². The molecule has 1 aromatic carbocycles. The zero-order valence-electron chi connectivity index (χ0n) is 18.1. The maximum atomic E-state index is 10.4. The van der Waals surface area contributed by atoms with Crippen LogP contribution in [0.1, 0.15) is 48.9 Å². The second-order valence-electron chi connectivity index (χ2n) is 8.54. The number of nitrogens with zero attached hydrogens (tertiary/aromatic N) is 3. The second kappa shape index (κ2) is 10.8. The monoisotopic (exact) mass is 400 g/mol. The van der Waals surface area contributed by atoms with Crippen LogP contribution in [0.4, 0.5) is 0 Å². The van der Waals surface area contributed by atoms with E-state index in [-0.39, 0.29) is 0 Å². The molecule has 1 saturated carbocycles. The summed E-state index contributed by atoms with van der Waals surface area (Å²) in [4.78, 5) is 4.56. The van der Waals surface area contributed by atoms with Crippen LogP contribution in [0.3, 0.4) is 0 Å². The van der Waals surface area contributed by atoms with E-state index in [0.29, 0.717) is 19.2 Å². The van der Waals surface area contributed by atoms with Crippen LogP contribution in [0.15, 0.2) is 30.5 Å². The summed E-state index contributed by atoms with van der Waals surface area (Å²) in [7, 11) is 4.22. The second-order valence-corrected chi connectivity index (χ2v) is 8.54. The first kappa shape index (κ1) is 21.8. The van der Waals surface area contributed by atoms with Crippen molar-refractivity contribution < 1.29 is 9.84 Å². The first-order valence-corrected chi connectivity index (χ1v) is 10.8. The van der Waals surface area contributed by atoms with Crippen molar-refractivity contribution in [2.45, 2.75) is 64.3 Å². The number of aryl methyl sites for hydroxylation is 1. The van der Waals surface area contributed by atoms with Gasteiger partial charge < -0.3 is 14.7 Å².